The van der Waals surface area contributed by atoms with E-state index >= 15 is 0 Å². The average Bonchev–Trinajstić information content (AvgIpc) is 3.20. The fourth-order valence-electron chi connectivity index (χ4n) is 5.04. The van der Waals surface area contributed by atoms with Crippen LogP contribution in [0.5, 0.6) is 11.5 Å². The van der Waals surface area contributed by atoms with Crippen LogP contribution in [0, 0.1) is 18.3 Å². The van der Waals surface area contributed by atoms with Crippen LogP contribution in [-0.2, 0) is 13.0 Å². The molecule has 6 heteroatoms. The molecule has 1 saturated carbocycles. The highest BCUT2D eigenvalue weighted by Crippen LogP contribution is 2.63. The highest BCUT2D eigenvalue weighted by molar-refractivity contribution is 7.14. The van der Waals surface area contributed by atoms with Crippen molar-refractivity contribution >= 4 is 17.2 Å². The zero-order valence-corrected chi connectivity index (χ0v) is 18.3. The minimum absolute atomic E-state index is 0.00103. The number of hydrogen-bond acceptors (Lipinski definition) is 5. The Balaban J connectivity index is 1.47. The normalized spacial score (nSPS) is 21.1. The molecule has 5 nitrogen and oxygen atoms in total. The molecule has 2 aliphatic carbocycles. The lowest BCUT2D eigenvalue weighted by atomic mass is 9.56. The number of amides is 1. The second-order valence-corrected chi connectivity index (χ2v) is 9.94. The third kappa shape index (κ3) is 3.53. The van der Waals surface area contributed by atoms with Crippen LogP contribution in [0.3, 0.4) is 0 Å². The van der Waals surface area contributed by atoms with Crippen LogP contribution in [0.25, 0.3) is 0 Å². The molecule has 0 radical (unpaired) electrons. The summed E-state index contributed by atoms with van der Waals surface area (Å²) in [6.07, 6.45) is 2.26. The van der Waals surface area contributed by atoms with Gasteiger partial charge in [-0.25, -0.2) is 0 Å². The number of methoxy groups -OCH3 is 1. The third-order valence-electron chi connectivity index (χ3n) is 6.53. The van der Waals surface area contributed by atoms with E-state index in [2.05, 4.69) is 26.1 Å². The van der Waals surface area contributed by atoms with Crippen LogP contribution in [0.1, 0.15) is 57.4 Å². The van der Waals surface area contributed by atoms with Crippen molar-refractivity contribution in [3.05, 3.63) is 44.6 Å². The fourth-order valence-corrected chi connectivity index (χ4v) is 6.21. The van der Waals surface area contributed by atoms with Crippen molar-refractivity contribution in [3.8, 4) is 11.5 Å². The molecule has 1 aromatic heterocycles. The maximum absolute atomic E-state index is 13.0. The quantitative estimate of drug-likeness (QED) is 0.716. The van der Waals surface area contributed by atoms with Crippen molar-refractivity contribution in [2.75, 3.05) is 20.3 Å². The number of aliphatic hydroxyl groups is 1. The summed E-state index contributed by atoms with van der Waals surface area (Å²) < 4.78 is 10.9. The third-order valence-corrected chi connectivity index (χ3v) is 7.69. The topological polar surface area (TPSA) is 67.8 Å². The number of thiophene rings is 1. The molecule has 2 aliphatic rings. The van der Waals surface area contributed by atoms with E-state index in [4.69, 9.17) is 14.6 Å². The van der Waals surface area contributed by atoms with E-state index in [1.807, 2.05) is 12.1 Å². The van der Waals surface area contributed by atoms with Gasteiger partial charge in [0.2, 0.25) is 0 Å². The van der Waals surface area contributed by atoms with Crippen LogP contribution < -0.4 is 14.8 Å². The Bertz CT molecular complexity index is 933. The molecule has 2 aromatic rings. The van der Waals surface area contributed by atoms with E-state index in [1.54, 1.807) is 24.5 Å². The van der Waals surface area contributed by atoms with E-state index in [-0.39, 0.29) is 19.1 Å². The van der Waals surface area contributed by atoms with Gasteiger partial charge in [-0.2, -0.15) is 0 Å². The lowest BCUT2D eigenvalue weighted by Gasteiger charge is -2.48. The molecule has 1 fully saturated rings. The monoisotopic (exact) mass is 415 g/mol. The van der Waals surface area contributed by atoms with Gasteiger partial charge in [-0.1, -0.05) is 13.8 Å². The van der Waals surface area contributed by atoms with E-state index in [1.165, 1.54) is 22.4 Å². The number of benzene rings is 1. The smallest absolute Gasteiger partial charge is 0.261 e. The average molecular weight is 416 g/mol. The van der Waals surface area contributed by atoms with Gasteiger partial charge >= 0.3 is 0 Å². The molecule has 4 rings (SSSR count). The number of carbonyl (C=O) groups excluding carboxylic acids is 1. The lowest BCUT2D eigenvalue weighted by Crippen LogP contribution is -2.40. The number of ether oxygens (including phenoxy) is 2. The molecule has 1 heterocycles. The number of nitrogens with one attached hydrogen (secondary N) is 1. The predicted octanol–water partition coefficient (Wildman–Crippen LogP) is 4.05. The molecule has 1 aromatic carbocycles. The van der Waals surface area contributed by atoms with Gasteiger partial charge in [0.1, 0.15) is 18.1 Å². The number of fused-ring (bicyclic) bond motifs is 3. The fraction of sp³-hybridized carbons (Fsp3) is 0.522. The number of rotatable bonds is 7. The summed E-state index contributed by atoms with van der Waals surface area (Å²) in [5.41, 5.74) is 4.01. The SMILES string of the molecule is COc1cc(OCCO)ccc1CNC(=O)c1sc(C)c2c1C[C@@H]1[C@H]2CC1(C)C. The summed E-state index contributed by atoms with van der Waals surface area (Å²) in [6.45, 7) is 7.44. The van der Waals surface area contributed by atoms with Crippen molar-refractivity contribution in [3.63, 3.8) is 0 Å². The summed E-state index contributed by atoms with van der Waals surface area (Å²) in [4.78, 5) is 15.2. The van der Waals surface area contributed by atoms with Crippen LogP contribution in [-0.4, -0.2) is 31.3 Å². The standard InChI is InChI=1S/C23H29NO4S/c1-13-20-16(10-18-17(20)11-23(18,2)3)21(29-13)22(26)24-12-14-5-6-15(28-8-7-25)9-19(14)27-4/h5-6,9,17-18,25H,7-8,10-12H2,1-4H3,(H,24,26)/t17-,18-/m1/s1. The number of carbonyl (C=O) groups is 1. The highest BCUT2D eigenvalue weighted by atomic mass is 32.1. The summed E-state index contributed by atoms with van der Waals surface area (Å²) >= 11 is 1.63. The van der Waals surface area contributed by atoms with Crippen molar-refractivity contribution in [1.82, 2.24) is 5.32 Å². The Hall–Kier alpha value is -2.05. The molecule has 0 spiro atoms. The number of hydrogen-bond donors (Lipinski definition) is 2. The maximum Gasteiger partial charge on any atom is 0.261 e. The van der Waals surface area contributed by atoms with Crippen LogP contribution in [0.2, 0.25) is 0 Å². The molecular weight excluding hydrogens is 386 g/mol. The van der Waals surface area contributed by atoms with E-state index in [0.29, 0.717) is 35.3 Å². The summed E-state index contributed by atoms with van der Waals surface area (Å²) in [5, 5.41) is 12.0. The Morgan fingerprint density at radius 2 is 2.17 bits per heavy atom. The van der Waals surface area contributed by atoms with E-state index in [0.717, 1.165) is 16.9 Å². The van der Waals surface area contributed by atoms with Gasteiger partial charge in [-0.05, 0) is 60.3 Å². The van der Waals surface area contributed by atoms with Gasteiger partial charge in [-0.3, -0.25) is 4.79 Å². The predicted molar refractivity (Wildman–Crippen MR) is 114 cm³/mol. The van der Waals surface area contributed by atoms with Gasteiger partial charge in [0.05, 0.1) is 18.6 Å². The molecule has 1 amide bonds. The summed E-state index contributed by atoms with van der Waals surface area (Å²) in [5.74, 6) is 2.62. The molecule has 156 valence electrons. The molecule has 29 heavy (non-hydrogen) atoms. The van der Waals surface area contributed by atoms with Crippen LogP contribution >= 0.6 is 11.3 Å². The second-order valence-electron chi connectivity index (χ2n) is 8.72. The molecular formula is C23H29NO4S. The zero-order chi connectivity index (χ0) is 20.8. The Morgan fingerprint density at radius 3 is 2.86 bits per heavy atom. The van der Waals surface area contributed by atoms with E-state index in [9.17, 15) is 4.79 Å². The Labute approximate surface area is 176 Å². The van der Waals surface area contributed by atoms with Crippen molar-refractivity contribution in [2.45, 2.75) is 46.1 Å². The first-order valence-electron chi connectivity index (χ1n) is 10.2. The maximum atomic E-state index is 13.0. The number of aryl methyl sites for hydroxylation is 1. The van der Waals surface area contributed by atoms with Crippen LogP contribution in [0.4, 0.5) is 0 Å². The first-order chi connectivity index (χ1) is 13.9. The first-order valence-corrected chi connectivity index (χ1v) is 11.0. The Kier molecular flexibility index (Phi) is 5.34. The Morgan fingerprint density at radius 1 is 1.38 bits per heavy atom. The zero-order valence-electron chi connectivity index (χ0n) is 17.5. The molecule has 0 unspecified atom stereocenters. The van der Waals surface area contributed by atoms with Gasteiger partial charge in [0.25, 0.3) is 5.91 Å². The van der Waals surface area contributed by atoms with Gasteiger partial charge in [0, 0.05) is 23.1 Å². The number of aliphatic hydroxyl groups excluding tert-OH is 1. The van der Waals surface area contributed by atoms with Gasteiger partial charge in [0.15, 0.2) is 0 Å². The molecule has 0 bridgehead atoms. The van der Waals surface area contributed by atoms with E-state index < -0.39 is 0 Å². The molecule has 0 aliphatic heterocycles. The second kappa shape index (κ2) is 7.65. The van der Waals surface area contributed by atoms with Crippen molar-refractivity contribution < 1.29 is 19.4 Å². The minimum atomic E-state index is -0.0381. The van der Waals surface area contributed by atoms with Crippen molar-refractivity contribution in [2.24, 2.45) is 11.3 Å². The largest absolute Gasteiger partial charge is 0.496 e. The molecule has 0 saturated heterocycles. The summed E-state index contributed by atoms with van der Waals surface area (Å²) in [6, 6.07) is 5.50. The molecule has 2 atom stereocenters. The van der Waals surface area contributed by atoms with Crippen molar-refractivity contribution in [1.29, 1.82) is 0 Å². The first kappa shape index (κ1) is 20.2. The van der Waals surface area contributed by atoms with Gasteiger partial charge < -0.3 is 19.9 Å². The lowest BCUT2D eigenvalue weighted by molar-refractivity contribution is 0.0518. The van der Waals surface area contributed by atoms with Crippen LogP contribution in [0.15, 0.2) is 18.2 Å². The summed E-state index contributed by atoms with van der Waals surface area (Å²) in [7, 11) is 1.60. The molecule has 2 N–H and O–H groups in total. The van der Waals surface area contributed by atoms with Gasteiger partial charge in [-0.15, -0.1) is 11.3 Å². The minimum Gasteiger partial charge on any atom is -0.496 e. The highest BCUT2D eigenvalue weighted by Gasteiger charge is 2.53.